The van der Waals surface area contributed by atoms with Crippen LogP contribution in [0.4, 0.5) is 11.4 Å². The number of benzene rings is 2. The second kappa shape index (κ2) is 6.40. The normalized spacial score (nSPS) is 10.5. The number of para-hydroxylation sites is 1. The highest BCUT2D eigenvalue weighted by molar-refractivity contribution is 6.07. The van der Waals surface area contributed by atoms with E-state index in [1.165, 1.54) is 54.6 Å². The maximum absolute atomic E-state index is 12.0. The van der Waals surface area contributed by atoms with Crippen LogP contribution in [0.5, 0.6) is 0 Å². The fraction of sp³-hybridized carbons (Fsp3) is 0. The van der Waals surface area contributed by atoms with Crippen molar-refractivity contribution in [1.82, 2.24) is 0 Å². The minimum absolute atomic E-state index is 0.102. The van der Waals surface area contributed by atoms with Crippen molar-refractivity contribution in [2.45, 2.75) is 0 Å². The Balaban J connectivity index is 2.21. The molecule has 0 aliphatic heterocycles. The highest BCUT2D eigenvalue weighted by Crippen LogP contribution is 2.19. The van der Waals surface area contributed by atoms with E-state index in [-0.39, 0.29) is 16.9 Å². The molecule has 2 aromatic carbocycles. The zero-order valence-electron chi connectivity index (χ0n) is 11.2. The van der Waals surface area contributed by atoms with Gasteiger partial charge in [-0.1, -0.05) is 12.1 Å². The number of hydrogen-bond donors (Lipinski definition) is 0. The molecule has 0 heterocycles. The van der Waals surface area contributed by atoms with Gasteiger partial charge in [-0.25, -0.2) is 0 Å². The number of nitro benzene ring substituents is 2. The summed E-state index contributed by atoms with van der Waals surface area (Å²) in [6, 6.07) is 11.2. The number of nitrogens with zero attached hydrogens (tertiary/aromatic N) is 2. The molecule has 0 aliphatic rings. The molecule has 0 radical (unpaired) electrons. The van der Waals surface area contributed by atoms with Gasteiger partial charge >= 0.3 is 0 Å². The van der Waals surface area contributed by atoms with E-state index in [9.17, 15) is 25.0 Å². The summed E-state index contributed by atoms with van der Waals surface area (Å²) < 4.78 is 0. The molecule has 0 fully saturated rings. The highest BCUT2D eigenvalue weighted by Gasteiger charge is 2.11. The monoisotopic (exact) mass is 298 g/mol. The molecule has 0 unspecified atom stereocenters. The Morgan fingerprint density at radius 3 is 2.14 bits per heavy atom. The van der Waals surface area contributed by atoms with Gasteiger partial charge in [0.05, 0.1) is 15.4 Å². The molecule has 0 amide bonds. The first kappa shape index (κ1) is 15.0. The lowest BCUT2D eigenvalue weighted by atomic mass is 10.1. The van der Waals surface area contributed by atoms with E-state index in [0.29, 0.717) is 5.56 Å². The van der Waals surface area contributed by atoms with Gasteiger partial charge < -0.3 is 0 Å². The van der Waals surface area contributed by atoms with Gasteiger partial charge in [-0.15, -0.1) is 0 Å². The van der Waals surface area contributed by atoms with Gasteiger partial charge in [-0.3, -0.25) is 25.0 Å². The molecule has 0 saturated heterocycles. The molecule has 2 aromatic rings. The molecule has 0 saturated carbocycles. The SMILES string of the molecule is O=C(/C=C\c1ccccc1[N+](=O)[O-])c1ccc([N+](=O)[O-])cc1. The first-order chi connectivity index (χ1) is 10.5. The summed E-state index contributed by atoms with van der Waals surface area (Å²) in [5.41, 5.74) is 0.359. The van der Waals surface area contributed by atoms with Crippen LogP contribution in [0.1, 0.15) is 15.9 Å². The summed E-state index contributed by atoms with van der Waals surface area (Å²) in [5.74, 6) is -0.395. The van der Waals surface area contributed by atoms with Crippen LogP contribution in [0.2, 0.25) is 0 Å². The fourth-order valence-corrected chi connectivity index (χ4v) is 1.80. The van der Waals surface area contributed by atoms with Crippen LogP contribution in [0.3, 0.4) is 0 Å². The molecule has 0 spiro atoms. The first-order valence-electron chi connectivity index (χ1n) is 6.19. The van der Waals surface area contributed by atoms with Gasteiger partial charge in [0.15, 0.2) is 5.78 Å². The van der Waals surface area contributed by atoms with Crippen LogP contribution in [0, 0.1) is 20.2 Å². The second-order valence-electron chi connectivity index (χ2n) is 4.32. The maximum atomic E-state index is 12.0. The van der Waals surface area contributed by atoms with Gasteiger partial charge in [0.2, 0.25) is 0 Å². The zero-order chi connectivity index (χ0) is 16.1. The number of hydrogen-bond acceptors (Lipinski definition) is 5. The van der Waals surface area contributed by atoms with Crippen LogP contribution in [0.25, 0.3) is 6.08 Å². The van der Waals surface area contributed by atoms with E-state index >= 15 is 0 Å². The lowest BCUT2D eigenvalue weighted by Gasteiger charge is -1.97. The average molecular weight is 298 g/mol. The Labute approximate surface area is 124 Å². The van der Waals surface area contributed by atoms with Crippen molar-refractivity contribution in [2.24, 2.45) is 0 Å². The number of nitro groups is 2. The topological polar surface area (TPSA) is 103 Å². The molecular weight excluding hydrogens is 288 g/mol. The van der Waals surface area contributed by atoms with Gasteiger partial charge in [0.25, 0.3) is 11.4 Å². The van der Waals surface area contributed by atoms with Gasteiger partial charge in [-0.2, -0.15) is 0 Å². The molecule has 0 N–H and O–H groups in total. The van der Waals surface area contributed by atoms with Crippen molar-refractivity contribution in [3.05, 3.63) is 86.0 Å². The highest BCUT2D eigenvalue weighted by atomic mass is 16.6. The molecule has 2 rings (SSSR count). The van der Waals surface area contributed by atoms with Crippen molar-refractivity contribution in [3.8, 4) is 0 Å². The minimum atomic E-state index is -0.558. The maximum Gasteiger partial charge on any atom is 0.276 e. The number of allylic oxidation sites excluding steroid dienone is 1. The van der Waals surface area contributed by atoms with Crippen LogP contribution in [-0.2, 0) is 0 Å². The Hall–Kier alpha value is -3.35. The lowest BCUT2D eigenvalue weighted by molar-refractivity contribution is -0.385. The van der Waals surface area contributed by atoms with Gasteiger partial charge in [0.1, 0.15) is 0 Å². The Morgan fingerprint density at radius 1 is 0.909 bits per heavy atom. The van der Waals surface area contributed by atoms with Gasteiger partial charge in [-0.05, 0) is 30.4 Å². The smallest absolute Gasteiger partial charge is 0.276 e. The molecular formula is C15H10N2O5. The standard InChI is InChI=1S/C15H10N2O5/c18-15(12-5-8-13(9-6-12)16(19)20)10-7-11-3-1-2-4-14(11)17(21)22/h1-10H/b10-7-. The van der Waals surface area contributed by atoms with E-state index in [1.807, 2.05) is 0 Å². The van der Waals surface area contributed by atoms with Crippen molar-refractivity contribution < 1.29 is 14.6 Å². The number of rotatable bonds is 5. The summed E-state index contributed by atoms with van der Waals surface area (Å²) in [4.78, 5) is 32.3. The van der Waals surface area contributed by atoms with E-state index in [1.54, 1.807) is 6.07 Å². The van der Waals surface area contributed by atoms with E-state index in [4.69, 9.17) is 0 Å². The predicted octanol–water partition coefficient (Wildman–Crippen LogP) is 3.40. The van der Waals surface area contributed by atoms with E-state index in [2.05, 4.69) is 0 Å². The summed E-state index contributed by atoms with van der Waals surface area (Å²) in [6.07, 6.45) is 2.55. The van der Waals surface area contributed by atoms with E-state index < -0.39 is 15.6 Å². The summed E-state index contributed by atoms with van der Waals surface area (Å²) in [7, 11) is 0. The first-order valence-corrected chi connectivity index (χ1v) is 6.19. The quantitative estimate of drug-likeness (QED) is 0.364. The largest absolute Gasteiger partial charge is 0.289 e. The molecule has 22 heavy (non-hydrogen) atoms. The predicted molar refractivity (Wildman–Crippen MR) is 79.6 cm³/mol. The van der Waals surface area contributed by atoms with Crippen LogP contribution in [-0.4, -0.2) is 15.6 Å². The van der Waals surface area contributed by atoms with Crippen LogP contribution >= 0.6 is 0 Å². The molecule has 0 atom stereocenters. The number of non-ortho nitro benzene ring substituents is 1. The third-order valence-corrected chi connectivity index (χ3v) is 2.91. The van der Waals surface area contributed by atoms with Crippen molar-refractivity contribution in [1.29, 1.82) is 0 Å². The number of ketones is 1. The van der Waals surface area contributed by atoms with Gasteiger partial charge in [0, 0.05) is 23.8 Å². The molecule has 7 heteroatoms. The van der Waals surface area contributed by atoms with Crippen LogP contribution in [0.15, 0.2) is 54.6 Å². The number of carbonyl (C=O) groups is 1. The Morgan fingerprint density at radius 2 is 1.55 bits per heavy atom. The van der Waals surface area contributed by atoms with Crippen molar-refractivity contribution in [3.63, 3.8) is 0 Å². The summed E-state index contributed by atoms with van der Waals surface area (Å²) >= 11 is 0. The van der Waals surface area contributed by atoms with Crippen molar-refractivity contribution in [2.75, 3.05) is 0 Å². The molecule has 0 aliphatic carbocycles. The second-order valence-corrected chi connectivity index (χ2v) is 4.32. The molecule has 7 nitrogen and oxygen atoms in total. The lowest BCUT2D eigenvalue weighted by Crippen LogP contribution is -1.96. The molecule has 0 bridgehead atoms. The number of carbonyl (C=O) groups excluding carboxylic acids is 1. The zero-order valence-corrected chi connectivity index (χ0v) is 11.2. The Bertz CT molecular complexity index is 766. The minimum Gasteiger partial charge on any atom is -0.289 e. The van der Waals surface area contributed by atoms with Crippen molar-refractivity contribution >= 4 is 23.2 Å². The summed E-state index contributed by atoms with van der Waals surface area (Å²) in [5, 5.41) is 21.4. The summed E-state index contributed by atoms with van der Waals surface area (Å²) in [6.45, 7) is 0. The Kier molecular flexibility index (Phi) is 4.38. The van der Waals surface area contributed by atoms with Crippen LogP contribution < -0.4 is 0 Å². The average Bonchev–Trinajstić information content (AvgIpc) is 2.52. The third kappa shape index (κ3) is 3.40. The third-order valence-electron chi connectivity index (χ3n) is 2.91. The fourth-order valence-electron chi connectivity index (χ4n) is 1.80. The molecule has 0 aromatic heterocycles. The molecule has 110 valence electrons. The van der Waals surface area contributed by atoms with E-state index in [0.717, 1.165) is 0 Å².